The zero-order valence-corrected chi connectivity index (χ0v) is 9.98. The number of β-amino-alcohol motifs (C(OH)–C–C–N with tert-alkyl or cyclic N) is 1. The summed E-state index contributed by atoms with van der Waals surface area (Å²) in [5, 5.41) is 15.8. The van der Waals surface area contributed by atoms with Crippen molar-refractivity contribution >= 4 is 11.3 Å². The average molecular weight is 214 g/mol. The molecule has 1 heterocycles. The van der Waals surface area contributed by atoms with Crippen molar-refractivity contribution in [2.45, 2.75) is 39.3 Å². The van der Waals surface area contributed by atoms with Gasteiger partial charge < -0.3 is 10.4 Å². The lowest BCUT2D eigenvalue weighted by molar-refractivity contribution is 0.163. The first-order chi connectivity index (χ1) is 6.38. The van der Waals surface area contributed by atoms with Crippen LogP contribution < -0.4 is 5.32 Å². The van der Waals surface area contributed by atoms with Crippen LogP contribution in [0, 0.1) is 6.92 Å². The molecule has 1 aromatic heterocycles. The highest BCUT2D eigenvalue weighted by molar-refractivity contribution is 7.09. The Balaban J connectivity index is 2.47. The fraction of sp³-hybridized carbons (Fsp3) is 0.700. The molecule has 1 unspecified atom stereocenters. The summed E-state index contributed by atoms with van der Waals surface area (Å²) in [6, 6.07) is 0. The van der Waals surface area contributed by atoms with E-state index in [1.165, 1.54) is 11.3 Å². The van der Waals surface area contributed by atoms with Gasteiger partial charge in [0.25, 0.3) is 0 Å². The lowest BCUT2D eigenvalue weighted by Gasteiger charge is -2.22. The van der Waals surface area contributed by atoms with Crippen molar-refractivity contribution in [3.8, 4) is 0 Å². The van der Waals surface area contributed by atoms with Crippen LogP contribution in [0.15, 0.2) is 5.38 Å². The van der Waals surface area contributed by atoms with Crippen LogP contribution in [-0.4, -0.2) is 22.2 Å². The molecule has 3 nitrogen and oxygen atoms in total. The Labute approximate surface area is 89.2 Å². The summed E-state index contributed by atoms with van der Waals surface area (Å²) in [6.07, 6.45) is -0.493. The molecular weight excluding hydrogens is 196 g/mol. The van der Waals surface area contributed by atoms with Gasteiger partial charge in [-0.2, -0.15) is 0 Å². The molecule has 0 aliphatic carbocycles. The van der Waals surface area contributed by atoms with Gasteiger partial charge in [0.05, 0.1) is 0 Å². The van der Waals surface area contributed by atoms with Gasteiger partial charge in [0.2, 0.25) is 0 Å². The first-order valence-electron chi connectivity index (χ1n) is 4.73. The average Bonchev–Trinajstić information content (AvgIpc) is 2.46. The van der Waals surface area contributed by atoms with Crippen molar-refractivity contribution in [2.75, 3.05) is 6.54 Å². The minimum atomic E-state index is -0.493. The van der Waals surface area contributed by atoms with E-state index in [-0.39, 0.29) is 5.54 Å². The molecule has 0 radical (unpaired) electrons. The maximum absolute atomic E-state index is 9.78. The van der Waals surface area contributed by atoms with E-state index < -0.39 is 6.10 Å². The SMILES string of the molecule is Cc1csc(C(O)CNC(C)(C)C)n1. The van der Waals surface area contributed by atoms with Gasteiger partial charge in [0.1, 0.15) is 11.1 Å². The van der Waals surface area contributed by atoms with Gasteiger partial charge >= 0.3 is 0 Å². The van der Waals surface area contributed by atoms with Gasteiger partial charge in [-0.05, 0) is 27.7 Å². The number of aliphatic hydroxyl groups is 1. The van der Waals surface area contributed by atoms with Gasteiger partial charge in [-0.25, -0.2) is 4.98 Å². The molecule has 0 amide bonds. The number of nitrogens with one attached hydrogen (secondary N) is 1. The molecular formula is C10H18N2OS. The summed E-state index contributed by atoms with van der Waals surface area (Å²) in [5.74, 6) is 0. The van der Waals surface area contributed by atoms with Crippen molar-refractivity contribution in [1.29, 1.82) is 0 Å². The van der Waals surface area contributed by atoms with Crippen LogP contribution in [0.25, 0.3) is 0 Å². The maximum Gasteiger partial charge on any atom is 0.123 e. The number of hydrogen-bond acceptors (Lipinski definition) is 4. The Morgan fingerprint density at radius 3 is 2.64 bits per heavy atom. The molecule has 0 aromatic carbocycles. The van der Waals surface area contributed by atoms with Crippen molar-refractivity contribution in [2.24, 2.45) is 0 Å². The summed E-state index contributed by atoms with van der Waals surface area (Å²) >= 11 is 1.51. The Kier molecular flexibility index (Phi) is 3.64. The number of aliphatic hydroxyl groups excluding tert-OH is 1. The third-order valence-corrected chi connectivity index (χ3v) is 2.81. The molecule has 2 N–H and O–H groups in total. The number of nitrogens with zero attached hydrogens (tertiary/aromatic N) is 1. The third kappa shape index (κ3) is 3.74. The molecule has 0 bridgehead atoms. The van der Waals surface area contributed by atoms with E-state index in [0.717, 1.165) is 10.7 Å². The van der Waals surface area contributed by atoms with Crippen molar-refractivity contribution < 1.29 is 5.11 Å². The summed E-state index contributed by atoms with van der Waals surface area (Å²) < 4.78 is 0. The highest BCUT2D eigenvalue weighted by atomic mass is 32.1. The van der Waals surface area contributed by atoms with Crippen LogP contribution in [0.5, 0.6) is 0 Å². The normalized spacial score (nSPS) is 14.4. The van der Waals surface area contributed by atoms with Crippen LogP contribution in [0.2, 0.25) is 0 Å². The zero-order chi connectivity index (χ0) is 10.8. The second-order valence-corrected chi connectivity index (χ2v) is 5.36. The molecule has 0 saturated heterocycles. The highest BCUT2D eigenvalue weighted by Crippen LogP contribution is 2.17. The largest absolute Gasteiger partial charge is 0.385 e. The Bertz CT molecular complexity index is 291. The minimum Gasteiger partial charge on any atom is -0.385 e. The van der Waals surface area contributed by atoms with E-state index in [1.54, 1.807) is 0 Å². The molecule has 4 heteroatoms. The second kappa shape index (κ2) is 4.38. The Hall–Kier alpha value is -0.450. The molecule has 1 aromatic rings. The van der Waals surface area contributed by atoms with Crippen LogP contribution >= 0.6 is 11.3 Å². The molecule has 14 heavy (non-hydrogen) atoms. The molecule has 0 saturated carbocycles. The predicted molar refractivity (Wildman–Crippen MR) is 59.6 cm³/mol. The fourth-order valence-electron chi connectivity index (χ4n) is 1.02. The number of hydrogen-bond donors (Lipinski definition) is 2. The van der Waals surface area contributed by atoms with Crippen LogP contribution in [-0.2, 0) is 0 Å². The summed E-state index contributed by atoms with van der Waals surface area (Å²) in [7, 11) is 0. The lowest BCUT2D eigenvalue weighted by atomic mass is 10.1. The zero-order valence-electron chi connectivity index (χ0n) is 9.16. The first-order valence-corrected chi connectivity index (χ1v) is 5.61. The van der Waals surface area contributed by atoms with E-state index in [9.17, 15) is 5.11 Å². The van der Waals surface area contributed by atoms with Gasteiger partial charge in [-0.1, -0.05) is 0 Å². The minimum absolute atomic E-state index is 0.0350. The summed E-state index contributed by atoms with van der Waals surface area (Å²) in [6.45, 7) is 8.72. The van der Waals surface area contributed by atoms with Gasteiger partial charge in [0.15, 0.2) is 0 Å². The van der Waals surface area contributed by atoms with Crippen molar-refractivity contribution in [3.05, 3.63) is 16.1 Å². The van der Waals surface area contributed by atoms with E-state index in [0.29, 0.717) is 6.54 Å². The van der Waals surface area contributed by atoms with Crippen molar-refractivity contribution in [3.63, 3.8) is 0 Å². The number of aryl methyl sites for hydroxylation is 1. The fourth-order valence-corrected chi connectivity index (χ4v) is 1.80. The standard InChI is InChI=1S/C10H18N2OS/c1-7-6-14-9(12-7)8(13)5-11-10(2,3)4/h6,8,11,13H,5H2,1-4H3. The smallest absolute Gasteiger partial charge is 0.123 e. The van der Waals surface area contributed by atoms with Crippen LogP contribution in [0.3, 0.4) is 0 Å². The molecule has 80 valence electrons. The number of thiazole rings is 1. The molecule has 1 rings (SSSR count). The maximum atomic E-state index is 9.78. The summed E-state index contributed by atoms with van der Waals surface area (Å²) in [4.78, 5) is 4.24. The Morgan fingerprint density at radius 2 is 2.21 bits per heavy atom. The lowest BCUT2D eigenvalue weighted by Crippen LogP contribution is -2.38. The predicted octanol–water partition coefficient (Wildman–Crippen LogP) is 1.87. The second-order valence-electron chi connectivity index (χ2n) is 4.47. The molecule has 1 atom stereocenters. The number of rotatable bonds is 3. The molecule has 0 fully saturated rings. The van der Waals surface area contributed by atoms with Crippen LogP contribution in [0.1, 0.15) is 37.6 Å². The topological polar surface area (TPSA) is 45.1 Å². The molecule has 0 aliphatic rings. The Morgan fingerprint density at radius 1 is 1.57 bits per heavy atom. The van der Waals surface area contributed by atoms with E-state index in [2.05, 4.69) is 31.1 Å². The third-order valence-electron chi connectivity index (χ3n) is 1.75. The first kappa shape index (κ1) is 11.6. The van der Waals surface area contributed by atoms with Crippen molar-refractivity contribution in [1.82, 2.24) is 10.3 Å². The van der Waals surface area contributed by atoms with E-state index >= 15 is 0 Å². The quantitative estimate of drug-likeness (QED) is 0.807. The van der Waals surface area contributed by atoms with Gasteiger partial charge in [0, 0.05) is 23.2 Å². The number of aromatic nitrogens is 1. The van der Waals surface area contributed by atoms with Crippen LogP contribution in [0.4, 0.5) is 0 Å². The van der Waals surface area contributed by atoms with Gasteiger partial charge in [-0.3, -0.25) is 0 Å². The molecule has 0 spiro atoms. The summed E-state index contributed by atoms with van der Waals surface area (Å²) in [5.41, 5.74) is 1.01. The molecule has 0 aliphatic heterocycles. The highest BCUT2D eigenvalue weighted by Gasteiger charge is 2.15. The van der Waals surface area contributed by atoms with E-state index in [4.69, 9.17) is 0 Å². The van der Waals surface area contributed by atoms with Gasteiger partial charge in [-0.15, -0.1) is 11.3 Å². The monoisotopic (exact) mass is 214 g/mol. The van der Waals surface area contributed by atoms with E-state index in [1.807, 2.05) is 12.3 Å².